The van der Waals surface area contributed by atoms with Crippen LogP contribution >= 0.6 is 12.2 Å². The first-order chi connectivity index (χ1) is 8.69. The Hall–Kier alpha value is -2.07. The van der Waals surface area contributed by atoms with Crippen LogP contribution in [0.2, 0.25) is 0 Å². The number of benzene rings is 2. The molecule has 4 heteroatoms. The average Bonchev–Trinajstić information content (AvgIpc) is 2.40. The summed E-state index contributed by atoms with van der Waals surface area (Å²) in [5.41, 5.74) is 8.40. The minimum absolute atomic E-state index is 0.408. The van der Waals surface area contributed by atoms with Gasteiger partial charge in [0.15, 0.2) is 0 Å². The first-order valence-corrected chi connectivity index (χ1v) is 5.91. The Morgan fingerprint density at radius 1 is 1.00 bits per heavy atom. The summed E-state index contributed by atoms with van der Waals surface area (Å²) in [6, 6.07) is 15.4. The minimum atomic E-state index is 0.408. The maximum absolute atomic E-state index is 5.55. The predicted molar refractivity (Wildman–Crippen MR) is 78.6 cm³/mol. The number of hydrogen-bond donors (Lipinski definition) is 2. The molecule has 2 aromatic rings. The fourth-order valence-electron chi connectivity index (χ4n) is 1.56. The van der Waals surface area contributed by atoms with Gasteiger partial charge < -0.3 is 15.8 Å². The molecule has 0 aromatic heterocycles. The van der Waals surface area contributed by atoms with Crippen LogP contribution in [-0.4, -0.2) is 12.1 Å². The fourth-order valence-corrected chi connectivity index (χ4v) is 1.69. The molecule has 0 heterocycles. The second-order valence-corrected chi connectivity index (χ2v) is 4.23. The van der Waals surface area contributed by atoms with Crippen LogP contribution in [0.1, 0.15) is 5.56 Å². The van der Waals surface area contributed by atoms with Gasteiger partial charge in [0.2, 0.25) is 0 Å². The van der Waals surface area contributed by atoms with Gasteiger partial charge in [0.25, 0.3) is 0 Å². The summed E-state index contributed by atoms with van der Waals surface area (Å²) in [6.07, 6.45) is 0. The Kier molecular flexibility index (Phi) is 3.79. The summed E-state index contributed by atoms with van der Waals surface area (Å²) < 4.78 is 5.11. The van der Waals surface area contributed by atoms with E-state index in [1.807, 2.05) is 48.5 Å². The SMILES string of the molecule is COc1ccc(Nc2ccc(C(N)=S)cc2)cc1. The summed E-state index contributed by atoms with van der Waals surface area (Å²) in [5.74, 6) is 0.837. The highest BCUT2D eigenvalue weighted by Gasteiger charge is 1.98. The molecule has 0 saturated carbocycles. The van der Waals surface area contributed by atoms with Crippen LogP contribution in [0, 0.1) is 0 Å². The number of hydrogen-bond acceptors (Lipinski definition) is 3. The van der Waals surface area contributed by atoms with E-state index in [0.29, 0.717) is 4.99 Å². The van der Waals surface area contributed by atoms with Gasteiger partial charge in [0.05, 0.1) is 7.11 Å². The fraction of sp³-hybridized carbons (Fsp3) is 0.0714. The highest BCUT2D eigenvalue weighted by Crippen LogP contribution is 2.20. The molecular weight excluding hydrogens is 244 g/mol. The Balaban J connectivity index is 2.10. The van der Waals surface area contributed by atoms with E-state index in [1.54, 1.807) is 7.11 Å². The highest BCUT2D eigenvalue weighted by atomic mass is 32.1. The van der Waals surface area contributed by atoms with Gasteiger partial charge in [-0.2, -0.15) is 0 Å². The van der Waals surface area contributed by atoms with E-state index in [1.165, 1.54) is 0 Å². The Morgan fingerprint density at radius 2 is 1.50 bits per heavy atom. The zero-order valence-corrected chi connectivity index (χ0v) is 10.8. The van der Waals surface area contributed by atoms with Crippen LogP contribution in [-0.2, 0) is 0 Å². The second-order valence-electron chi connectivity index (χ2n) is 3.80. The van der Waals surface area contributed by atoms with E-state index in [0.717, 1.165) is 22.7 Å². The molecule has 0 fully saturated rings. The smallest absolute Gasteiger partial charge is 0.119 e. The molecule has 0 aliphatic heterocycles. The summed E-state index contributed by atoms with van der Waals surface area (Å²) in [4.78, 5) is 0.408. The third kappa shape index (κ3) is 2.99. The largest absolute Gasteiger partial charge is 0.497 e. The monoisotopic (exact) mass is 258 g/mol. The highest BCUT2D eigenvalue weighted by molar-refractivity contribution is 7.80. The van der Waals surface area contributed by atoms with Gasteiger partial charge in [-0.1, -0.05) is 12.2 Å². The van der Waals surface area contributed by atoms with Crippen LogP contribution in [0.25, 0.3) is 0 Å². The average molecular weight is 258 g/mol. The molecule has 0 bridgehead atoms. The lowest BCUT2D eigenvalue weighted by atomic mass is 10.2. The third-order valence-electron chi connectivity index (χ3n) is 2.55. The molecule has 0 aliphatic carbocycles. The topological polar surface area (TPSA) is 47.3 Å². The van der Waals surface area contributed by atoms with Crippen molar-refractivity contribution in [3.05, 3.63) is 54.1 Å². The molecule has 0 atom stereocenters. The summed E-state index contributed by atoms with van der Waals surface area (Å²) in [6.45, 7) is 0. The molecule has 2 aromatic carbocycles. The number of nitrogens with one attached hydrogen (secondary N) is 1. The summed E-state index contributed by atoms with van der Waals surface area (Å²) in [7, 11) is 1.65. The molecule has 0 aliphatic rings. The number of nitrogens with two attached hydrogens (primary N) is 1. The van der Waals surface area contributed by atoms with E-state index in [4.69, 9.17) is 22.7 Å². The van der Waals surface area contributed by atoms with E-state index in [2.05, 4.69) is 5.32 Å². The van der Waals surface area contributed by atoms with Crippen molar-refractivity contribution in [2.75, 3.05) is 12.4 Å². The lowest BCUT2D eigenvalue weighted by Crippen LogP contribution is -2.08. The molecular formula is C14H14N2OS. The van der Waals surface area contributed by atoms with Crippen LogP contribution in [0.5, 0.6) is 5.75 Å². The van der Waals surface area contributed by atoms with E-state index >= 15 is 0 Å². The first-order valence-electron chi connectivity index (χ1n) is 5.50. The zero-order chi connectivity index (χ0) is 13.0. The van der Waals surface area contributed by atoms with Crippen molar-refractivity contribution in [1.29, 1.82) is 0 Å². The molecule has 3 N–H and O–H groups in total. The molecule has 2 rings (SSSR count). The third-order valence-corrected chi connectivity index (χ3v) is 2.78. The molecule has 3 nitrogen and oxygen atoms in total. The van der Waals surface area contributed by atoms with Gasteiger partial charge in [0.1, 0.15) is 10.7 Å². The Morgan fingerprint density at radius 3 is 1.94 bits per heavy atom. The molecule has 18 heavy (non-hydrogen) atoms. The molecule has 0 saturated heterocycles. The van der Waals surface area contributed by atoms with Crippen molar-refractivity contribution in [1.82, 2.24) is 0 Å². The lowest BCUT2D eigenvalue weighted by Gasteiger charge is -2.08. The lowest BCUT2D eigenvalue weighted by molar-refractivity contribution is 0.415. The van der Waals surface area contributed by atoms with E-state index < -0.39 is 0 Å². The van der Waals surface area contributed by atoms with Crippen LogP contribution < -0.4 is 15.8 Å². The molecule has 92 valence electrons. The van der Waals surface area contributed by atoms with E-state index in [9.17, 15) is 0 Å². The van der Waals surface area contributed by atoms with Crippen molar-refractivity contribution in [3.8, 4) is 5.75 Å². The number of thiocarbonyl (C=S) groups is 1. The van der Waals surface area contributed by atoms with E-state index in [-0.39, 0.29) is 0 Å². The van der Waals surface area contributed by atoms with Crippen molar-refractivity contribution >= 4 is 28.6 Å². The maximum atomic E-state index is 5.55. The number of methoxy groups -OCH3 is 1. The Bertz CT molecular complexity index is 535. The van der Waals surface area contributed by atoms with Crippen molar-refractivity contribution in [3.63, 3.8) is 0 Å². The quantitative estimate of drug-likeness (QED) is 0.827. The van der Waals surface area contributed by atoms with Gasteiger partial charge in [-0.15, -0.1) is 0 Å². The van der Waals surface area contributed by atoms with Crippen LogP contribution in [0.15, 0.2) is 48.5 Å². The molecule has 0 amide bonds. The molecule has 0 radical (unpaired) electrons. The van der Waals surface area contributed by atoms with Gasteiger partial charge in [-0.25, -0.2) is 0 Å². The molecule has 0 unspecified atom stereocenters. The molecule has 0 spiro atoms. The Labute approximate surface area is 112 Å². The van der Waals surface area contributed by atoms with Gasteiger partial charge >= 0.3 is 0 Å². The van der Waals surface area contributed by atoms with Crippen molar-refractivity contribution in [2.24, 2.45) is 5.73 Å². The predicted octanol–water partition coefficient (Wildman–Crippen LogP) is 3.07. The van der Waals surface area contributed by atoms with Crippen molar-refractivity contribution < 1.29 is 4.74 Å². The van der Waals surface area contributed by atoms with Gasteiger partial charge in [-0.05, 0) is 48.5 Å². The van der Waals surface area contributed by atoms with Gasteiger partial charge in [0, 0.05) is 16.9 Å². The summed E-state index contributed by atoms with van der Waals surface area (Å²) in [5, 5.41) is 3.28. The standard InChI is InChI=1S/C14H14N2OS/c1-17-13-8-6-12(7-9-13)16-11-4-2-10(3-5-11)14(15)18/h2-9,16H,1H3,(H2,15,18). The summed E-state index contributed by atoms with van der Waals surface area (Å²) >= 11 is 4.91. The van der Waals surface area contributed by atoms with Crippen molar-refractivity contribution in [2.45, 2.75) is 0 Å². The zero-order valence-electron chi connectivity index (χ0n) is 10.0. The van der Waals surface area contributed by atoms with Crippen LogP contribution in [0.4, 0.5) is 11.4 Å². The number of anilines is 2. The minimum Gasteiger partial charge on any atom is -0.497 e. The second kappa shape index (κ2) is 5.51. The number of rotatable bonds is 4. The number of ether oxygens (including phenoxy) is 1. The first kappa shape index (κ1) is 12.4. The van der Waals surface area contributed by atoms with Gasteiger partial charge in [-0.3, -0.25) is 0 Å². The normalized spacial score (nSPS) is 9.83. The maximum Gasteiger partial charge on any atom is 0.119 e. The van der Waals surface area contributed by atoms with Crippen LogP contribution in [0.3, 0.4) is 0 Å².